The Morgan fingerprint density at radius 1 is 1.23 bits per heavy atom. The van der Waals surface area contributed by atoms with E-state index in [1.807, 2.05) is 0 Å². The second-order valence-electron chi connectivity index (χ2n) is 8.77. The molecule has 6 rings (SSSR count). The van der Waals surface area contributed by atoms with Gasteiger partial charge in [0.15, 0.2) is 0 Å². The van der Waals surface area contributed by atoms with E-state index in [0.717, 1.165) is 43.4 Å². The summed E-state index contributed by atoms with van der Waals surface area (Å²) in [5.74, 6) is 2.72. The maximum absolute atomic E-state index is 12.9. The fourth-order valence-electron chi connectivity index (χ4n) is 5.98. The molecule has 6 heteroatoms. The smallest absolute Gasteiger partial charge is 0.253 e. The first-order valence-corrected chi connectivity index (χ1v) is 10.2. The van der Waals surface area contributed by atoms with Crippen molar-refractivity contribution in [2.24, 2.45) is 17.8 Å². The lowest BCUT2D eigenvalue weighted by Crippen LogP contribution is -2.59. The quantitative estimate of drug-likeness (QED) is 0.872. The number of rotatable bonds is 4. The van der Waals surface area contributed by atoms with Gasteiger partial charge >= 0.3 is 0 Å². The Labute approximate surface area is 158 Å². The van der Waals surface area contributed by atoms with E-state index in [-0.39, 0.29) is 17.6 Å². The minimum absolute atomic E-state index is 0.00529. The SMILES string of the molecule is O=C(NC12CC3CC(CC(C3)C1)C2)c1cnc(OC2CCOC2)c(Cl)c1. The number of pyridine rings is 1. The Kier molecular flexibility index (Phi) is 4.13. The summed E-state index contributed by atoms with van der Waals surface area (Å²) in [6, 6.07) is 1.68. The molecule has 1 amide bonds. The van der Waals surface area contributed by atoms with Gasteiger partial charge in [-0.25, -0.2) is 4.98 Å². The summed E-state index contributed by atoms with van der Waals surface area (Å²) in [6.45, 7) is 1.26. The molecule has 0 radical (unpaired) electrons. The molecule has 1 aromatic rings. The van der Waals surface area contributed by atoms with Crippen molar-refractivity contribution in [3.8, 4) is 5.88 Å². The Morgan fingerprint density at radius 2 is 1.92 bits per heavy atom. The number of carbonyl (C=O) groups is 1. The van der Waals surface area contributed by atoms with Crippen LogP contribution in [0.2, 0.25) is 5.02 Å². The highest BCUT2D eigenvalue weighted by Crippen LogP contribution is 2.55. The molecule has 0 spiro atoms. The summed E-state index contributed by atoms with van der Waals surface area (Å²) in [4.78, 5) is 17.2. The lowest BCUT2D eigenvalue weighted by Gasteiger charge is -2.56. The van der Waals surface area contributed by atoms with Crippen molar-refractivity contribution in [1.82, 2.24) is 10.3 Å². The Balaban J connectivity index is 1.29. The number of nitrogens with one attached hydrogen (secondary N) is 1. The highest BCUT2D eigenvalue weighted by Gasteiger charge is 2.51. The average molecular weight is 377 g/mol. The van der Waals surface area contributed by atoms with Gasteiger partial charge in [0.25, 0.3) is 5.91 Å². The summed E-state index contributed by atoms with van der Waals surface area (Å²) in [6.07, 6.45) is 9.89. The van der Waals surface area contributed by atoms with E-state index in [1.54, 1.807) is 12.3 Å². The fraction of sp³-hybridized carbons (Fsp3) is 0.700. The number of hydrogen-bond donors (Lipinski definition) is 1. The lowest BCUT2D eigenvalue weighted by atomic mass is 9.53. The standard InChI is InChI=1S/C20H25ClN2O3/c21-17-6-15(10-22-19(17)26-16-1-2-25-11-16)18(24)23-20-7-12-3-13(8-20)5-14(4-12)9-20/h6,10,12-14,16H,1-5,7-9,11H2,(H,23,24). The molecule has 140 valence electrons. The van der Waals surface area contributed by atoms with Crippen LogP contribution in [0.1, 0.15) is 55.3 Å². The number of amides is 1. The van der Waals surface area contributed by atoms with Crippen molar-refractivity contribution in [1.29, 1.82) is 0 Å². The maximum Gasteiger partial charge on any atom is 0.253 e. The Bertz CT molecular complexity index is 682. The van der Waals surface area contributed by atoms with Crippen LogP contribution >= 0.6 is 11.6 Å². The third-order valence-electron chi connectivity index (χ3n) is 6.65. The molecule has 1 atom stereocenters. The van der Waals surface area contributed by atoms with Gasteiger partial charge in [0.05, 0.1) is 18.8 Å². The van der Waals surface area contributed by atoms with E-state index < -0.39 is 0 Å². The van der Waals surface area contributed by atoms with E-state index in [1.165, 1.54) is 19.3 Å². The Morgan fingerprint density at radius 3 is 2.50 bits per heavy atom. The molecule has 4 saturated carbocycles. The van der Waals surface area contributed by atoms with Gasteiger partial charge in [-0.3, -0.25) is 4.79 Å². The third kappa shape index (κ3) is 3.09. The summed E-state index contributed by atoms with van der Waals surface area (Å²) in [5.41, 5.74) is 0.509. The van der Waals surface area contributed by atoms with Gasteiger partial charge in [-0.05, 0) is 62.3 Å². The normalized spacial score (nSPS) is 37.7. The van der Waals surface area contributed by atoms with Crippen molar-refractivity contribution in [2.45, 2.75) is 56.6 Å². The number of aromatic nitrogens is 1. The molecule has 2 heterocycles. The molecule has 4 aliphatic carbocycles. The predicted molar refractivity (Wildman–Crippen MR) is 97.5 cm³/mol. The molecule has 1 saturated heterocycles. The van der Waals surface area contributed by atoms with Crippen LogP contribution in [0.4, 0.5) is 0 Å². The first-order valence-electron chi connectivity index (χ1n) is 9.81. The van der Waals surface area contributed by atoms with Crippen LogP contribution < -0.4 is 10.1 Å². The van der Waals surface area contributed by atoms with Gasteiger partial charge in [0.2, 0.25) is 5.88 Å². The average Bonchev–Trinajstić information content (AvgIpc) is 3.08. The molecule has 26 heavy (non-hydrogen) atoms. The molecular weight excluding hydrogens is 352 g/mol. The molecule has 1 aromatic heterocycles. The van der Waals surface area contributed by atoms with Crippen molar-refractivity contribution < 1.29 is 14.3 Å². The van der Waals surface area contributed by atoms with Crippen molar-refractivity contribution >= 4 is 17.5 Å². The highest BCUT2D eigenvalue weighted by atomic mass is 35.5. The topological polar surface area (TPSA) is 60.5 Å². The van der Waals surface area contributed by atoms with Gasteiger partial charge in [-0.2, -0.15) is 0 Å². The molecular formula is C20H25ClN2O3. The largest absolute Gasteiger partial charge is 0.471 e. The van der Waals surface area contributed by atoms with E-state index in [9.17, 15) is 4.79 Å². The van der Waals surface area contributed by atoms with Crippen LogP contribution in [0.15, 0.2) is 12.3 Å². The Hall–Kier alpha value is -1.33. The van der Waals surface area contributed by atoms with Crippen LogP contribution in [0.5, 0.6) is 5.88 Å². The van der Waals surface area contributed by atoms with Gasteiger partial charge < -0.3 is 14.8 Å². The first-order chi connectivity index (χ1) is 12.6. The molecule has 5 fully saturated rings. The monoisotopic (exact) mass is 376 g/mol. The number of nitrogens with zero attached hydrogens (tertiary/aromatic N) is 1. The summed E-state index contributed by atoms with van der Waals surface area (Å²) < 4.78 is 11.1. The second-order valence-corrected chi connectivity index (χ2v) is 9.17. The molecule has 5 aliphatic rings. The fourth-order valence-corrected chi connectivity index (χ4v) is 6.19. The molecule has 1 unspecified atom stereocenters. The van der Waals surface area contributed by atoms with Crippen LogP contribution in [-0.4, -0.2) is 35.7 Å². The summed E-state index contributed by atoms with van der Waals surface area (Å²) in [7, 11) is 0. The zero-order chi connectivity index (χ0) is 17.7. The minimum Gasteiger partial charge on any atom is -0.471 e. The van der Waals surface area contributed by atoms with Crippen molar-refractivity contribution in [3.63, 3.8) is 0 Å². The highest BCUT2D eigenvalue weighted by molar-refractivity contribution is 6.32. The first kappa shape index (κ1) is 16.8. The second kappa shape index (κ2) is 6.38. The van der Waals surface area contributed by atoms with Crippen molar-refractivity contribution in [2.75, 3.05) is 13.2 Å². The van der Waals surface area contributed by atoms with Gasteiger partial charge in [-0.15, -0.1) is 0 Å². The van der Waals surface area contributed by atoms with Crippen molar-refractivity contribution in [3.05, 3.63) is 22.8 Å². The van der Waals surface area contributed by atoms with E-state index in [2.05, 4.69) is 10.3 Å². The summed E-state index contributed by atoms with van der Waals surface area (Å²) >= 11 is 6.32. The van der Waals surface area contributed by atoms with Crippen LogP contribution in [0, 0.1) is 17.8 Å². The molecule has 1 aliphatic heterocycles. The third-order valence-corrected chi connectivity index (χ3v) is 6.92. The predicted octanol–water partition coefficient (Wildman–Crippen LogP) is 3.60. The van der Waals surface area contributed by atoms with Crippen LogP contribution in [0.25, 0.3) is 0 Å². The number of carbonyl (C=O) groups excluding carboxylic acids is 1. The number of ether oxygens (including phenoxy) is 2. The summed E-state index contributed by atoms with van der Waals surface area (Å²) in [5, 5.41) is 3.75. The molecule has 5 nitrogen and oxygen atoms in total. The minimum atomic E-state index is -0.0582. The number of halogens is 1. The molecule has 0 aromatic carbocycles. The zero-order valence-electron chi connectivity index (χ0n) is 14.9. The maximum atomic E-state index is 12.9. The van der Waals surface area contributed by atoms with Crippen LogP contribution in [-0.2, 0) is 4.74 Å². The van der Waals surface area contributed by atoms with Gasteiger partial charge in [0, 0.05) is 18.2 Å². The molecule has 1 N–H and O–H groups in total. The lowest BCUT2D eigenvalue weighted by molar-refractivity contribution is -0.0167. The zero-order valence-corrected chi connectivity index (χ0v) is 15.6. The number of hydrogen-bond acceptors (Lipinski definition) is 4. The van der Waals surface area contributed by atoms with E-state index in [4.69, 9.17) is 21.1 Å². The van der Waals surface area contributed by atoms with Gasteiger partial charge in [0.1, 0.15) is 11.1 Å². The van der Waals surface area contributed by atoms with E-state index >= 15 is 0 Å². The van der Waals surface area contributed by atoms with E-state index in [0.29, 0.717) is 29.7 Å². The van der Waals surface area contributed by atoms with Gasteiger partial charge in [-0.1, -0.05) is 11.6 Å². The molecule has 4 bridgehead atoms. The van der Waals surface area contributed by atoms with Crippen LogP contribution in [0.3, 0.4) is 0 Å².